The molecule has 0 saturated heterocycles. The summed E-state index contributed by atoms with van der Waals surface area (Å²) in [5.74, 6) is 1.76. The Hall–Kier alpha value is -2.74. The fraction of sp³-hybridized carbons (Fsp3) is 0.143. The van der Waals surface area contributed by atoms with Crippen LogP contribution in [0.2, 0.25) is 0 Å². The van der Waals surface area contributed by atoms with Crippen LogP contribution in [0, 0.1) is 0 Å². The highest BCUT2D eigenvalue weighted by molar-refractivity contribution is 5.92. The number of benzene rings is 3. The molecular formula is C21H20O2. The molecule has 23 heavy (non-hydrogen) atoms. The zero-order valence-electron chi connectivity index (χ0n) is 13.5. The van der Waals surface area contributed by atoms with Gasteiger partial charge >= 0.3 is 0 Å². The quantitative estimate of drug-likeness (QED) is 0.652. The molecule has 0 aliphatic carbocycles. The van der Waals surface area contributed by atoms with Crippen LogP contribution in [0.4, 0.5) is 0 Å². The van der Waals surface area contributed by atoms with Crippen molar-refractivity contribution >= 4 is 16.3 Å². The number of hydrogen-bond donors (Lipinski definition) is 0. The highest BCUT2D eigenvalue weighted by atomic mass is 16.5. The van der Waals surface area contributed by atoms with E-state index >= 15 is 0 Å². The van der Waals surface area contributed by atoms with Crippen LogP contribution < -0.4 is 9.47 Å². The number of hydrogen-bond acceptors (Lipinski definition) is 2. The van der Waals surface area contributed by atoms with Gasteiger partial charge in [-0.1, -0.05) is 49.0 Å². The predicted octanol–water partition coefficient (Wildman–Crippen LogP) is 5.11. The van der Waals surface area contributed by atoms with E-state index in [0.717, 1.165) is 34.4 Å². The van der Waals surface area contributed by atoms with Gasteiger partial charge in [-0.3, -0.25) is 0 Å². The summed E-state index contributed by atoms with van der Waals surface area (Å²) in [7, 11) is 3.38. The smallest absolute Gasteiger partial charge is 0.126 e. The second-order valence-corrected chi connectivity index (χ2v) is 5.48. The van der Waals surface area contributed by atoms with Crippen molar-refractivity contribution in [3.8, 4) is 11.5 Å². The molecule has 3 aromatic carbocycles. The molecule has 0 bridgehead atoms. The van der Waals surface area contributed by atoms with E-state index in [0.29, 0.717) is 0 Å². The molecule has 0 aliphatic heterocycles. The monoisotopic (exact) mass is 304 g/mol. The fourth-order valence-corrected chi connectivity index (χ4v) is 2.82. The molecule has 3 rings (SSSR count). The Kier molecular flexibility index (Phi) is 4.33. The van der Waals surface area contributed by atoms with E-state index in [1.807, 2.05) is 36.4 Å². The molecule has 2 heteroatoms. The number of ether oxygens (including phenoxy) is 2. The molecule has 2 nitrogen and oxygen atoms in total. The van der Waals surface area contributed by atoms with Crippen LogP contribution in [0.15, 0.2) is 67.2 Å². The first kappa shape index (κ1) is 15.2. The maximum Gasteiger partial charge on any atom is 0.126 e. The molecule has 0 atom stereocenters. The fourth-order valence-electron chi connectivity index (χ4n) is 2.82. The van der Waals surface area contributed by atoms with Gasteiger partial charge in [-0.25, -0.2) is 0 Å². The summed E-state index contributed by atoms with van der Waals surface area (Å²) in [6, 6.07) is 20.5. The highest BCUT2D eigenvalue weighted by Crippen LogP contribution is 2.31. The number of rotatable bonds is 5. The van der Waals surface area contributed by atoms with E-state index in [-0.39, 0.29) is 0 Å². The Labute approximate surface area is 137 Å². The SMILES string of the molecule is C=C(Cc1ccc(OC)c2ccccc12)c1ccc(OC)cc1. The molecule has 0 aliphatic rings. The molecule has 0 fully saturated rings. The zero-order chi connectivity index (χ0) is 16.2. The summed E-state index contributed by atoms with van der Waals surface area (Å²) < 4.78 is 10.7. The van der Waals surface area contributed by atoms with Crippen molar-refractivity contribution in [3.63, 3.8) is 0 Å². The average Bonchev–Trinajstić information content (AvgIpc) is 2.62. The summed E-state index contributed by atoms with van der Waals surface area (Å²) in [6.45, 7) is 4.25. The lowest BCUT2D eigenvalue weighted by Crippen LogP contribution is -1.93. The molecule has 0 heterocycles. The van der Waals surface area contributed by atoms with Crippen molar-refractivity contribution in [1.29, 1.82) is 0 Å². The number of allylic oxidation sites excluding steroid dienone is 1. The minimum atomic E-state index is 0.802. The van der Waals surface area contributed by atoms with E-state index in [2.05, 4.69) is 30.8 Å². The molecule has 116 valence electrons. The molecule has 0 radical (unpaired) electrons. The van der Waals surface area contributed by atoms with Crippen LogP contribution in [-0.4, -0.2) is 14.2 Å². The molecular weight excluding hydrogens is 284 g/mol. The summed E-state index contributed by atoms with van der Waals surface area (Å²) >= 11 is 0. The first-order valence-electron chi connectivity index (χ1n) is 7.59. The van der Waals surface area contributed by atoms with Gasteiger partial charge in [0.05, 0.1) is 14.2 Å². The number of fused-ring (bicyclic) bond motifs is 1. The van der Waals surface area contributed by atoms with Gasteiger partial charge < -0.3 is 9.47 Å². The van der Waals surface area contributed by atoms with Gasteiger partial charge in [-0.05, 0) is 46.7 Å². The molecule has 3 aromatic rings. The predicted molar refractivity (Wildman–Crippen MR) is 96.2 cm³/mol. The lowest BCUT2D eigenvalue weighted by molar-refractivity contribution is 0.415. The lowest BCUT2D eigenvalue weighted by Gasteiger charge is -2.12. The van der Waals surface area contributed by atoms with Gasteiger partial charge in [-0.2, -0.15) is 0 Å². The van der Waals surface area contributed by atoms with Crippen LogP contribution >= 0.6 is 0 Å². The van der Waals surface area contributed by atoms with Gasteiger partial charge in [0.2, 0.25) is 0 Å². The van der Waals surface area contributed by atoms with Gasteiger partial charge in [-0.15, -0.1) is 0 Å². The Bertz CT molecular complexity index is 832. The first-order chi connectivity index (χ1) is 11.2. The van der Waals surface area contributed by atoms with Crippen molar-refractivity contribution in [2.24, 2.45) is 0 Å². The first-order valence-corrected chi connectivity index (χ1v) is 7.59. The topological polar surface area (TPSA) is 18.5 Å². The van der Waals surface area contributed by atoms with E-state index in [4.69, 9.17) is 9.47 Å². The number of methoxy groups -OCH3 is 2. The summed E-state index contributed by atoms with van der Waals surface area (Å²) in [6.07, 6.45) is 0.802. The van der Waals surface area contributed by atoms with Crippen LogP contribution in [0.3, 0.4) is 0 Å². The van der Waals surface area contributed by atoms with E-state index in [9.17, 15) is 0 Å². The van der Waals surface area contributed by atoms with Crippen LogP contribution in [-0.2, 0) is 6.42 Å². The third kappa shape index (κ3) is 3.07. The molecule has 0 N–H and O–H groups in total. The maximum atomic E-state index is 5.46. The maximum absolute atomic E-state index is 5.46. The van der Waals surface area contributed by atoms with E-state index in [1.165, 1.54) is 10.9 Å². The molecule has 0 saturated carbocycles. The molecule has 0 spiro atoms. The van der Waals surface area contributed by atoms with Crippen molar-refractivity contribution in [1.82, 2.24) is 0 Å². The molecule has 0 aromatic heterocycles. The third-order valence-corrected chi connectivity index (χ3v) is 4.10. The van der Waals surface area contributed by atoms with Gasteiger partial charge in [0.1, 0.15) is 11.5 Å². The Balaban J connectivity index is 1.93. The summed E-state index contributed by atoms with van der Waals surface area (Å²) in [5.41, 5.74) is 3.47. The second-order valence-electron chi connectivity index (χ2n) is 5.48. The van der Waals surface area contributed by atoms with Gasteiger partial charge in [0, 0.05) is 5.39 Å². The lowest BCUT2D eigenvalue weighted by atomic mass is 9.95. The standard InChI is InChI=1S/C21H20O2/c1-15(16-8-11-18(22-2)12-9-16)14-17-10-13-21(23-3)20-7-5-4-6-19(17)20/h4-13H,1,14H2,2-3H3. The third-order valence-electron chi connectivity index (χ3n) is 4.10. The van der Waals surface area contributed by atoms with Crippen LogP contribution in [0.5, 0.6) is 11.5 Å². The van der Waals surface area contributed by atoms with Crippen LogP contribution in [0.25, 0.3) is 16.3 Å². The normalized spacial score (nSPS) is 10.5. The van der Waals surface area contributed by atoms with Crippen molar-refractivity contribution in [2.75, 3.05) is 14.2 Å². The van der Waals surface area contributed by atoms with Crippen molar-refractivity contribution in [2.45, 2.75) is 6.42 Å². The van der Waals surface area contributed by atoms with Crippen molar-refractivity contribution < 1.29 is 9.47 Å². The Morgan fingerprint density at radius 1 is 0.826 bits per heavy atom. The second kappa shape index (κ2) is 6.57. The average molecular weight is 304 g/mol. The molecule has 0 unspecified atom stereocenters. The van der Waals surface area contributed by atoms with E-state index < -0.39 is 0 Å². The summed E-state index contributed by atoms with van der Waals surface area (Å²) in [5, 5.41) is 2.34. The molecule has 0 amide bonds. The Morgan fingerprint density at radius 3 is 2.17 bits per heavy atom. The summed E-state index contributed by atoms with van der Waals surface area (Å²) in [4.78, 5) is 0. The Morgan fingerprint density at radius 2 is 1.52 bits per heavy atom. The minimum absolute atomic E-state index is 0.802. The van der Waals surface area contributed by atoms with Crippen LogP contribution in [0.1, 0.15) is 11.1 Å². The van der Waals surface area contributed by atoms with E-state index in [1.54, 1.807) is 14.2 Å². The minimum Gasteiger partial charge on any atom is -0.497 e. The van der Waals surface area contributed by atoms with Gasteiger partial charge in [0.15, 0.2) is 0 Å². The van der Waals surface area contributed by atoms with Crippen molar-refractivity contribution in [3.05, 3.63) is 78.4 Å². The zero-order valence-corrected chi connectivity index (χ0v) is 13.5. The largest absolute Gasteiger partial charge is 0.497 e. The highest BCUT2D eigenvalue weighted by Gasteiger charge is 2.08. The van der Waals surface area contributed by atoms with Gasteiger partial charge in [0.25, 0.3) is 0 Å².